The van der Waals surface area contributed by atoms with Crippen LogP contribution < -0.4 is 5.73 Å². The van der Waals surface area contributed by atoms with Crippen LogP contribution in [0.5, 0.6) is 0 Å². The molecule has 1 aromatic rings. The van der Waals surface area contributed by atoms with Crippen molar-refractivity contribution >= 4 is 15.7 Å². The van der Waals surface area contributed by atoms with E-state index in [2.05, 4.69) is 0 Å². The van der Waals surface area contributed by atoms with E-state index in [4.69, 9.17) is 5.73 Å². The molecule has 0 amide bonds. The van der Waals surface area contributed by atoms with E-state index < -0.39 is 22.7 Å². The quantitative estimate of drug-likeness (QED) is 0.818. The van der Waals surface area contributed by atoms with Gasteiger partial charge in [0.25, 0.3) is 0 Å². The van der Waals surface area contributed by atoms with Gasteiger partial charge < -0.3 is 5.73 Å². The van der Waals surface area contributed by atoms with E-state index in [1.54, 1.807) is 6.92 Å². The van der Waals surface area contributed by atoms with E-state index in [0.29, 0.717) is 28.4 Å². The van der Waals surface area contributed by atoms with Crippen molar-refractivity contribution in [3.05, 3.63) is 23.8 Å². The first-order valence-corrected chi connectivity index (χ1v) is 7.95. The maximum Gasteiger partial charge on any atom is 0.402 e. The molecule has 4 nitrogen and oxygen atoms in total. The number of alkyl halides is 3. The fourth-order valence-electron chi connectivity index (χ4n) is 1.92. The molecule has 0 aliphatic heterocycles. The molecule has 0 aliphatic rings. The van der Waals surface area contributed by atoms with Gasteiger partial charge in [-0.25, -0.2) is 8.42 Å². The van der Waals surface area contributed by atoms with Crippen LogP contribution in [-0.2, 0) is 10.0 Å². The normalized spacial score (nSPS) is 12.9. The zero-order chi connectivity index (χ0) is 16.3. The first-order valence-electron chi connectivity index (χ1n) is 6.51. The number of anilines is 1. The number of unbranched alkanes of at least 4 members (excludes halogenated alkanes) is 1. The molecule has 0 saturated carbocycles. The lowest BCUT2D eigenvalue weighted by molar-refractivity contribution is -0.136. The highest BCUT2D eigenvalue weighted by molar-refractivity contribution is 7.89. The summed E-state index contributed by atoms with van der Waals surface area (Å²) in [4.78, 5) is -0.142. The summed E-state index contributed by atoms with van der Waals surface area (Å²) in [7, 11) is -4.20. The van der Waals surface area contributed by atoms with Crippen LogP contribution in [0.4, 0.5) is 18.9 Å². The summed E-state index contributed by atoms with van der Waals surface area (Å²) in [5, 5.41) is 0. The first-order chi connectivity index (χ1) is 9.58. The molecule has 0 aromatic heterocycles. The lowest BCUT2D eigenvalue weighted by Gasteiger charge is -2.24. The predicted octanol–water partition coefficient (Wildman–Crippen LogP) is 2.93. The van der Waals surface area contributed by atoms with E-state index in [1.165, 1.54) is 25.1 Å². The van der Waals surface area contributed by atoms with Crippen LogP contribution in [0.25, 0.3) is 0 Å². The third kappa shape index (κ3) is 4.89. The largest absolute Gasteiger partial charge is 0.402 e. The standard InChI is InChI=1S/C13H19F3N2O2S/c1-3-4-7-18(9-13(14,15)16)21(19,20)12-6-5-11(17)8-10(12)2/h5-6,8H,3-4,7,9,17H2,1-2H3. The summed E-state index contributed by atoms with van der Waals surface area (Å²) in [5.74, 6) is 0. The Hall–Kier alpha value is -1.28. The number of rotatable bonds is 6. The van der Waals surface area contributed by atoms with E-state index in [9.17, 15) is 21.6 Å². The average Bonchev–Trinajstić information content (AvgIpc) is 2.32. The van der Waals surface area contributed by atoms with Crippen molar-refractivity contribution in [3.63, 3.8) is 0 Å². The van der Waals surface area contributed by atoms with Gasteiger partial charge in [-0.1, -0.05) is 13.3 Å². The molecule has 0 heterocycles. The molecule has 8 heteroatoms. The van der Waals surface area contributed by atoms with Gasteiger partial charge in [-0.3, -0.25) is 0 Å². The minimum absolute atomic E-state index is 0.142. The number of nitrogens with zero attached hydrogens (tertiary/aromatic N) is 1. The van der Waals surface area contributed by atoms with Gasteiger partial charge in [0.1, 0.15) is 6.54 Å². The number of benzene rings is 1. The van der Waals surface area contributed by atoms with E-state index in [0.717, 1.165) is 0 Å². The molecule has 120 valence electrons. The van der Waals surface area contributed by atoms with E-state index >= 15 is 0 Å². The zero-order valence-corrected chi connectivity index (χ0v) is 12.8. The van der Waals surface area contributed by atoms with Crippen molar-refractivity contribution in [2.75, 3.05) is 18.8 Å². The van der Waals surface area contributed by atoms with Crippen molar-refractivity contribution in [2.24, 2.45) is 0 Å². The van der Waals surface area contributed by atoms with Crippen molar-refractivity contribution in [1.82, 2.24) is 4.31 Å². The summed E-state index contributed by atoms with van der Waals surface area (Å²) in [6, 6.07) is 4.04. The highest BCUT2D eigenvalue weighted by atomic mass is 32.2. The molecule has 0 radical (unpaired) electrons. The minimum atomic E-state index is -4.58. The van der Waals surface area contributed by atoms with Crippen molar-refractivity contribution in [3.8, 4) is 0 Å². The Morgan fingerprint density at radius 1 is 1.29 bits per heavy atom. The monoisotopic (exact) mass is 324 g/mol. The van der Waals surface area contributed by atoms with Gasteiger partial charge in [0.2, 0.25) is 10.0 Å². The Bertz CT molecular complexity index is 586. The van der Waals surface area contributed by atoms with Crippen LogP contribution in [0.3, 0.4) is 0 Å². The highest BCUT2D eigenvalue weighted by Crippen LogP contribution is 2.26. The van der Waals surface area contributed by atoms with Crippen molar-refractivity contribution in [1.29, 1.82) is 0 Å². The van der Waals surface area contributed by atoms with Crippen LogP contribution in [0.2, 0.25) is 0 Å². The second-order valence-electron chi connectivity index (χ2n) is 4.83. The second kappa shape index (κ2) is 6.65. The maximum absolute atomic E-state index is 12.6. The number of nitrogen functional groups attached to an aromatic ring is 1. The molecule has 0 atom stereocenters. The van der Waals surface area contributed by atoms with Crippen LogP contribution in [-0.4, -0.2) is 32.0 Å². The zero-order valence-electron chi connectivity index (χ0n) is 11.9. The molecule has 0 fully saturated rings. The number of nitrogens with two attached hydrogens (primary N) is 1. The molecule has 2 N–H and O–H groups in total. The maximum atomic E-state index is 12.6. The van der Waals surface area contributed by atoms with Gasteiger partial charge in [0.05, 0.1) is 4.90 Å². The van der Waals surface area contributed by atoms with E-state index in [1.807, 2.05) is 0 Å². The summed E-state index contributed by atoms with van der Waals surface area (Å²) in [6.45, 7) is 1.64. The summed E-state index contributed by atoms with van der Waals surface area (Å²) in [6.07, 6.45) is -3.61. The fourth-order valence-corrected chi connectivity index (χ4v) is 3.59. The summed E-state index contributed by atoms with van der Waals surface area (Å²) >= 11 is 0. The second-order valence-corrected chi connectivity index (χ2v) is 6.74. The molecule has 0 saturated heterocycles. The molecule has 1 aromatic carbocycles. The van der Waals surface area contributed by atoms with Crippen LogP contribution in [0, 0.1) is 6.92 Å². The molecule has 1 rings (SSSR count). The SMILES string of the molecule is CCCCN(CC(F)(F)F)S(=O)(=O)c1ccc(N)cc1C. The Morgan fingerprint density at radius 3 is 2.38 bits per heavy atom. The van der Waals surface area contributed by atoms with Crippen LogP contribution in [0.15, 0.2) is 23.1 Å². The van der Waals surface area contributed by atoms with Crippen molar-refractivity contribution in [2.45, 2.75) is 37.8 Å². The third-order valence-corrected chi connectivity index (χ3v) is 4.94. The van der Waals surface area contributed by atoms with Crippen molar-refractivity contribution < 1.29 is 21.6 Å². The highest BCUT2D eigenvalue weighted by Gasteiger charge is 2.37. The number of hydrogen-bond donors (Lipinski definition) is 1. The minimum Gasteiger partial charge on any atom is -0.399 e. The average molecular weight is 324 g/mol. The molecule has 0 aliphatic carbocycles. The molecule has 0 spiro atoms. The Kier molecular flexibility index (Phi) is 5.63. The van der Waals surface area contributed by atoms with Crippen LogP contribution in [0.1, 0.15) is 25.3 Å². The number of halogens is 3. The smallest absolute Gasteiger partial charge is 0.399 e. The van der Waals surface area contributed by atoms with Gasteiger partial charge >= 0.3 is 6.18 Å². The fraction of sp³-hybridized carbons (Fsp3) is 0.538. The van der Waals surface area contributed by atoms with Gasteiger partial charge in [-0.05, 0) is 37.1 Å². The number of aryl methyl sites for hydroxylation is 1. The third-order valence-electron chi connectivity index (χ3n) is 2.93. The lowest BCUT2D eigenvalue weighted by Crippen LogP contribution is -2.39. The molecule has 0 bridgehead atoms. The predicted molar refractivity (Wildman–Crippen MR) is 75.3 cm³/mol. The van der Waals surface area contributed by atoms with Gasteiger partial charge in [0, 0.05) is 12.2 Å². The first kappa shape index (κ1) is 17.8. The Morgan fingerprint density at radius 2 is 1.90 bits per heavy atom. The summed E-state index contributed by atoms with van der Waals surface area (Å²) < 4.78 is 63.2. The van der Waals surface area contributed by atoms with Gasteiger partial charge in [-0.2, -0.15) is 17.5 Å². The lowest BCUT2D eigenvalue weighted by atomic mass is 10.2. The van der Waals surface area contributed by atoms with Crippen LogP contribution >= 0.6 is 0 Å². The number of hydrogen-bond acceptors (Lipinski definition) is 3. The molecule has 0 unspecified atom stereocenters. The summed E-state index contributed by atoms with van der Waals surface area (Å²) in [5.41, 5.74) is 6.24. The molecular weight excluding hydrogens is 305 g/mol. The topological polar surface area (TPSA) is 63.4 Å². The molecular formula is C13H19F3N2O2S. The Balaban J connectivity index is 3.19. The van der Waals surface area contributed by atoms with E-state index in [-0.39, 0.29) is 11.4 Å². The number of sulfonamides is 1. The van der Waals surface area contributed by atoms with Gasteiger partial charge in [0.15, 0.2) is 0 Å². The van der Waals surface area contributed by atoms with Gasteiger partial charge in [-0.15, -0.1) is 0 Å². The molecule has 21 heavy (non-hydrogen) atoms. The Labute approximate surface area is 122 Å².